The van der Waals surface area contributed by atoms with Crippen molar-refractivity contribution in [2.45, 2.75) is 49.4 Å². The van der Waals surface area contributed by atoms with E-state index in [0.29, 0.717) is 0 Å². The van der Waals surface area contributed by atoms with E-state index in [1.165, 1.54) is 12.1 Å². The SMILES string of the molecule is COC1(CN2CCC3(CC2)Cc2ccc(C(F)(F)F)cc2N3C)CCOCC1. The summed E-state index contributed by atoms with van der Waals surface area (Å²) in [6.45, 7) is 4.26. The third-order valence-corrected chi connectivity index (χ3v) is 7.14. The largest absolute Gasteiger partial charge is 0.416 e. The van der Waals surface area contributed by atoms with Crippen molar-refractivity contribution in [3.8, 4) is 0 Å². The molecule has 0 bridgehead atoms. The van der Waals surface area contributed by atoms with Crippen molar-refractivity contribution in [1.82, 2.24) is 4.90 Å². The number of ether oxygens (including phenoxy) is 2. The molecule has 0 amide bonds. The molecule has 0 radical (unpaired) electrons. The summed E-state index contributed by atoms with van der Waals surface area (Å²) in [6.07, 6.45) is 0.264. The molecule has 7 heteroatoms. The molecule has 0 unspecified atom stereocenters. The zero-order valence-corrected chi connectivity index (χ0v) is 16.6. The van der Waals surface area contributed by atoms with Crippen LogP contribution in [0.2, 0.25) is 0 Å². The molecule has 4 nitrogen and oxygen atoms in total. The molecule has 2 fully saturated rings. The minimum Gasteiger partial charge on any atom is -0.381 e. The number of hydrogen-bond donors (Lipinski definition) is 0. The lowest BCUT2D eigenvalue weighted by molar-refractivity contribution is -0.137. The number of hydrogen-bond acceptors (Lipinski definition) is 4. The summed E-state index contributed by atoms with van der Waals surface area (Å²) in [5.74, 6) is 0. The lowest BCUT2D eigenvalue weighted by Crippen LogP contribution is -2.56. The van der Waals surface area contributed by atoms with Gasteiger partial charge in [0.2, 0.25) is 0 Å². The minimum absolute atomic E-state index is 0.0705. The first-order chi connectivity index (χ1) is 13.3. The molecule has 2 saturated heterocycles. The van der Waals surface area contributed by atoms with E-state index in [4.69, 9.17) is 9.47 Å². The van der Waals surface area contributed by atoms with Crippen LogP contribution >= 0.6 is 0 Å². The zero-order chi connectivity index (χ0) is 20.0. The number of likely N-dealkylation sites (tertiary alicyclic amines) is 1. The predicted molar refractivity (Wildman–Crippen MR) is 102 cm³/mol. The number of rotatable bonds is 3. The number of piperidine rings is 1. The predicted octanol–water partition coefficient (Wildman–Crippen LogP) is 3.73. The van der Waals surface area contributed by atoms with Gasteiger partial charge in [-0.2, -0.15) is 13.2 Å². The highest BCUT2D eigenvalue weighted by Crippen LogP contribution is 2.45. The van der Waals surface area contributed by atoms with Crippen LogP contribution in [-0.2, 0) is 22.1 Å². The fraction of sp³-hybridized carbons (Fsp3) is 0.714. The minimum atomic E-state index is -4.30. The molecule has 156 valence electrons. The highest BCUT2D eigenvalue weighted by Gasteiger charge is 2.46. The van der Waals surface area contributed by atoms with E-state index >= 15 is 0 Å². The summed E-state index contributed by atoms with van der Waals surface area (Å²) in [7, 11) is 3.74. The van der Waals surface area contributed by atoms with Crippen molar-refractivity contribution in [2.75, 3.05) is 51.9 Å². The van der Waals surface area contributed by atoms with E-state index in [-0.39, 0.29) is 11.1 Å². The molecule has 0 N–H and O–H groups in total. The summed E-state index contributed by atoms with van der Waals surface area (Å²) < 4.78 is 50.7. The molecular weight excluding hydrogens is 369 g/mol. The lowest BCUT2D eigenvalue weighted by Gasteiger charge is -2.47. The topological polar surface area (TPSA) is 24.9 Å². The van der Waals surface area contributed by atoms with Gasteiger partial charge in [-0.3, -0.25) is 0 Å². The van der Waals surface area contributed by atoms with Crippen LogP contribution in [0.4, 0.5) is 18.9 Å². The van der Waals surface area contributed by atoms with E-state index in [1.807, 2.05) is 7.05 Å². The van der Waals surface area contributed by atoms with Gasteiger partial charge >= 0.3 is 6.18 Å². The van der Waals surface area contributed by atoms with Gasteiger partial charge in [0.1, 0.15) is 0 Å². The Hall–Kier alpha value is -1.31. The highest BCUT2D eigenvalue weighted by atomic mass is 19.4. The molecule has 0 saturated carbocycles. The summed E-state index contributed by atoms with van der Waals surface area (Å²) in [6, 6.07) is 4.20. The molecule has 1 spiro atoms. The van der Waals surface area contributed by atoms with E-state index in [0.717, 1.165) is 76.2 Å². The van der Waals surface area contributed by atoms with Crippen LogP contribution in [0.25, 0.3) is 0 Å². The van der Waals surface area contributed by atoms with Gasteiger partial charge in [-0.25, -0.2) is 0 Å². The van der Waals surface area contributed by atoms with Crippen LogP contribution in [0.1, 0.15) is 36.8 Å². The molecule has 0 atom stereocenters. The van der Waals surface area contributed by atoms with Gasteiger partial charge in [0.15, 0.2) is 0 Å². The van der Waals surface area contributed by atoms with Crippen molar-refractivity contribution in [3.05, 3.63) is 29.3 Å². The maximum Gasteiger partial charge on any atom is 0.416 e. The van der Waals surface area contributed by atoms with Crippen LogP contribution in [-0.4, -0.2) is 63.0 Å². The Labute approximate surface area is 164 Å². The molecule has 3 heterocycles. The second-order valence-corrected chi connectivity index (χ2v) is 8.58. The quantitative estimate of drug-likeness (QED) is 0.775. The van der Waals surface area contributed by atoms with E-state index < -0.39 is 11.7 Å². The summed E-state index contributed by atoms with van der Waals surface area (Å²) in [4.78, 5) is 4.56. The van der Waals surface area contributed by atoms with Crippen LogP contribution in [0.3, 0.4) is 0 Å². The third-order valence-electron chi connectivity index (χ3n) is 7.14. The Balaban J connectivity index is 1.44. The molecular formula is C21H29F3N2O2. The van der Waals surface area contributed by atoms with Gasteiger partial charge in [0.25, 0.3) is 0 Å². The smallest absolute Gasteiger partial charge is 0.381 e. The highest BCUT2D eigenvalue weighted by molar-refractivity contribution is 5.63. The number of alkyl halides is 3. The standard InChI is InChI=1S/C21H29F3N2O2/c1-25-18-13-17(21(22,23)24)4-3-16(18)14-19(25)5-9-26(10-6-19)15-20(27-2)7-11-28-12-8-20/h3-4,13H,5-12,14-15H2,1-2H3. The van der Waals surface area contributed by atoms with E-state index in [2.05, 4.69) is 9.80 Å². The van der Waals surface area contributed by atoms with Gasteiger partial charge in [-0.05, 0) is 37.0 Å². The average Bonchev–Trinajstić information content (AvgIpc) is 2.95. The van der Waals surface area contributed by atoms with E-state index in [1.54, 1.807) is 13.2 Å². The molecule has 0 aliphatic carbocycles. The summed E-state index contributed by atoms with van der Waals surface area (Å²) in [5, 5.41) is 0. The fourth-order valence-electron chi connectivity index (χ4n) is 5.15. The van der Waals surface area contributed by atoms with Gasteiger partial charge < -0.3 is 19.3 Å². The Morgan fingerprint density at radius 1 is 1.11 bits per heavy atom. The number of nitrogens with zero attached hydrogens (tertiary/aromatic N) is 2. The van der Waals surface area contributed by atoms with Crippen molar-refractivity contribution in [3.63, 3.8) is 0 Å². The molecule has 1 aromatic carbocycles. The Morgan fingerprint density at radius 2 is 1.79 bits per heavy atom. The third kappa shape index (κ3) is 3.53. The van der Waals surface area contributed by atoms with Gasteiger partial charge in [0, 0.05) is 71.1 Å². The number of benzene rings is 1. The lowest BCUT2D eigenvalue weighted by atomic mass is 9.83. The average molecular weight is 398 g/mol. The maximum atomic E-state index is 13.1. The normalized spacial score (nSPS) is 24.5. The number of methoxy groups -OCH3 is 1. The molecule has 4 rings (SSSR count). The molecule has 1 aromatic rings. The van der Waals surface area contributed by atoms with Crippen LogP contribution < -0.4 is 4.90 Å². The molecule has 0 aromatic heterocycles. The van der Waals surface area contributed by atoms with Crippen molar-refractivity contribution >= 4 is 5.69 Å². The molecule has 28 heavy (non-hydrogen) atoms. The molecule has 3 aliphatic heterocycles. The summed E-state index contributed by atoms with van der Waals surface area (Å²) in [5.41, 5.74) is 1.00. The summed E-state index contributed by atoms with van der Waals surface area (Å²) >= 11 is 0. The fourth-order valence-corrected chi connectivity index (χ4v) is 5.15. The van der Waals surface area contributed by atoms with Crippen molar-refractivity contribution in [1.29, 1.82) is 0 Å². The van der Waals surface area contributed by atoms with Crippen molar-refractivity contribution < 1.29 is 22.6 Å². The number of fused-ring (bicyclic) bond motifs is 1. The maximum absolute atomic E-state index is 13.1. The van der Waals surface area contributed by atoms with Crippen LogP contribution in [0.5, 0.6) is 0 Å². The molecule has 3 aliphatic rings. The van der Waals surface area contributed by atoms with Gasteiger partial charge in [-0.1, -0.05) is 6.07 Å². The Morgan fingerprint density at radius 3 is 2.39 bits per heavy atom. The van der Waals surface area contributed by atoms with Crippen molar-refractivity contribution in [2.24, 2.45) is 0 Å². The second-order valence-electron chi connectivity index (χ2n) is 8.58. The van der Waals surface area contributed by atoms with Gasteiger partial charge in [-0.15, -0.1) is 0 Å². The first-order valence-corrected chi connectivity index (χ1v) is 10.1. The van der Waals surface area contributed by atoms with Gasteiger partial charge in [0.05, 0.1) is 11.2 Å². The van der Waals surface area contributed by atoms with Crippen LogP contribution in [0.15, 0.2) is 18.2 Å². The number of anilines is 1. The zero-order valence-electron chi connectivity index (χ0n) is 16.6. The monoisotopic (exact) mass is 398 g/mol. The van der Waals surface area contributed by atoms with E-state index in [9.17, 15) is 13.2 Å². The Bertz CT molecular complexity index is 708. The first-order valence-electron chi connectivity index (χ1n) is 10.1. The number of halogens is 3. The Kier molecular flexibility index (Phi) is 5.13. The first kappa shape index (κ1) is 20.0. The van der Waals surface area contributed by atoms with Crippen LogP contribution in [0, 0.1) is 0 Å². The second kappa shape index (κ2) is 7.18. The number of likely N-dealkylation sites (N-methyl/N-ethyl adjacent to an activating group) is 1.